The maximum absolute atomic E-state index is 5.42. The zero-order chi connectivity index (χ0) is 12.8. The summed E-state index contributed by atoms with van der Waals surface area (Å²) in [6, 6.07) is 5.49. The predicted molar refractivity (Wildman–Crippen MR) is 74.5 cm³/mol. The van der Waals surface area contributed by atoms with E-state index in [2.05, 4.69) is 30.3 Å². The Morgan fingerprint density at radius 3 is 2.72 bits per heavy atom. The number of nitrogens with one attached hydrogen (secondary N) is 1. The topological polar surface area (TPSA) is 28.4 Å². The molecule has 1 heterocycles. The molecular formula is C15H26N2O. The average Bonchev–Trinajstić information content (AvgIpc) is 2.89. The van der Waals surface area contributed by atoms with Crippen molar-refractivity contribution >= 4 is 0 Å². The lowest BCUT2D eigenvalue weighted by Gasteiger charge is -2.34. The Kier molecular flexibility index (Phi) is 5.26. The number of hydrogen-bond donors (Lipinski definition) is 1. The smallest absolute Gasteiger partial charge is 0.117 e. The summed E-state index contributed by atoms with van der Waals surface area (Å²) in [4.78, 5) is 2.44. The molecule has 102 valence electrons. The van der Waals surface area contributed by atoms with Gasteiger partial charge in [-0.1, -0.05) is 6.92 Å². The van der Waals surface area contributed by atoms with Gasteiger partial charge in [-0.3, -0.25) is 4.90 Å². The van der Waals surface area contributed by atoms with Crippen LogP contribution in [0.3, 0.4) is 0 Å². The zero-order valence-corrected chi connectivity index (χ0v) is 11.7. The Bertz CT molecular complexity index is 315. The summed E-state index contributed by atoms with van der Waals surface area (Å²) in [7, 11) is 2.22. The highest BCUT2D eigenvalue weighted by molar-refractivity contribution is 4.98. The molecule has 18 heavy (non-hydrogen) atoms. The van der Waals surface area contributed by atoms with Gasteiger partial charge in [0, 0.05) is 12.1 Å². The van der Waals surface area contributed by atoms with Crippen LogP contribution in [0.4, 0.5) is 0 Å². The number of nitrogens with zero attached hydrogens (tertiary/aromatic N) is 1. The first-order chi connectivity index (χ1) is 8.79. The van der Waals surface area contributed by atoms with Crippen molar-refractivity contribution in [1.82, 2.24) is 10.2 Å². The van der Waals surface area contributed by atoms with Gasteiger partial charge < -0.3 is 9.73 Å². The first-order valence-electron chi connectivity index (χ1n) is 7.25. The minimum atomic E-state index is 0.717. The van der Waals surface area contributed by atoms with E-state index in [1.165, 1.54) is 32.1 Å². The highest BCUT2D eigenvalue weighted by Crippen LogP contribution is 2.23. The SMILES string of the molecule is CCCNC1CCC(N(C)Cc2ccco2)CC1. The van der Waals surface area contributed by atoms with E-state index in [0.717, 1.165) is 30.9 Å². The van der Waals surface area contributed by atoms with Crippen molar-refractivity contribution in [2.45, 2.75) is 57.7 Å². The van der Waals surface area contributed by atoms with Crippen molar-refractivity contribution in [3.05, 3.63) is 24.2 Å². The van der Waals surface area contributed by atoms with E-state index in [0.29, 0.717) is 0 Å². The Hall–Kier alpha value is -0.800. The van der Waals surface area contributed by atoms with Gasteiger partial charge in [0.05, 0.1) is 12.8 Å². The first kappa shape index (κ1) is 13.6. The maximum Gasteiger partial charge on any atom is 0.117 e. The Morgan fingerprint density at radius 1 is 1.33 bits per heavy atom. The quantitative estimate of drug-likeness (QED) is 0.841. The maximum atomic E-state index is 5.42. The third-order valence-corrected chi connectivity index (χ3v) is 3.99. The van der Waals surface area contributed by atoms with Crippen LogP contribution in [0.5, 0.6) is 0 Å². The second kappa shape index (κ2) is 6.95. The molecule has 0 atom stereocenters. The molecule has 0 aromatic carbocycles. The van der Waals surface area contributed by atoms with Gasteiger partial charge in [-0.25, -0.2) is 0 Å². The van der Waals surface area contributed by atoms with Crippen LogP contribution >= 0.6 is 0 Å². The molecule has 0 bridgehead atoms. The fraction of sp³-hybridized carbons (Fsp3) is 0.733. The first-order valence-corrected chi connectivity index (χ1v) is 7.25. The average molecular weight is 250 g/mol. The van der Waals surface area contributed by atoms with E-state index >= 15 is 0 Å². The highest BCUT2D eigenvalue weighted by Gasteiger charge is 2.23. The molecule has 2 rings (SSSR count). The molecule has 1 aromatic rings. The summed E-state index contributed by atoms with van der Waals surface area (Å²) in [5.41, 5.74) is 0. The zero-order valence-electron chi connectivity index (χ0n) is 11.7. The van der Waals surface area contributed by atoms with Crippen molar-refractivity contribution < 1.29 is 4.42 Å². The van der Waals surface area contributed by atoms with Gasteiger partial charge in [-0.15, -0.1) is 0 Å². The highest BCUT2D eigenvalue weighted by atomic mass is 16.3. The van der Waals surface area contributed by atoms with Crippen LogP contribution in [0, 0.1) is 0 Å². The van der Waals surface area contributed by atoms with E-state index in [4.69, 9.17) is 4.42 Å². The molecule has 0 aliphatic heterocycles. The molecule has 1 fully saturated rings. The summed E-state index contributed by atoms with van der Waals surface area (Å²) in [6.07, 6.45) is 8.23. The van der Waals surface area contributed by atoms with Crippen LogP contribution in [0.25, 0.3) is 0 Å². The number of hydrogen-bond acceptors (Lipinski definition) is 3. The van der Waals surface area contributed by atoms with Gasteiger partial charge in [-0.05, 0) is 57.8 Å². The summed E-state index contributed by atoms with van der Waals surface area (Å²) in [5, 5.41) is 3.64. The van der Waals surface area contributed by atoms with Crippen LogP contribution in [-0.4, -0.2) is 30.6 Å². The fourth-order valence-corrected chi connectivity index (χ4v) is 2.85. The summed E-state index contributed by atoms with van der Waals surface area (Å²) in [5.74, 6) is 1.07. The van der Waals surface area contributed by atoms with Crippen molar-refractivity contribution in [2.75, 3.05) is 13.6 Å². The van der Waals surface area contributed by atoms with Crippen LogP contribution in [0.2, 0.25) is 0 Å². The lowest BCUT2D eigenvalue weighted by Crippen LogP contribution is -2.40. The third kappa shape index (κ3) is 3.85. The predicted octanol–water partition coefficient (Wildman–Crippen LogP) is 3.02. The van der Waals surface area contributed by atoms with E-state index in [1.807, 2.05) is 6.07 Å². The lowest BCUT2D eigenvalue weighted by molar-refractivity contribution is 0.158. The second-order valence-corrected chi connectivity index (χ2v) is 5.45. The van der Waals surface area contributed by atoms with Crippen molar-refractivity contribution in [3.63, 3.8) is 0 Å². The monoisotopic (exact) mass is 250 g/mol. The van der Waals surface area contributed by atoms with Crippen molar-refractivity contribution in [2.24, 2.45) is 0 Å². The largest absolute Gasteiger partial charge is 0.468 e. The van der Waals surface area contributed by atoms with Crippen LogP contribution < -0.4 is 5.32 Å². The molecule has 1 aliphatic rings. The molecule has 0 saturated heterocycles. The molecule has 0 radical (unpaired) electrons. The normalized spacial score (nSPS) is 24.6. The van der Waals surface area contributed by atoms with E-state index in [-0.39, 0.29) is 0 Å². The van der Waals surface area contributed by atoms with E-state index < -0.39 is 0 Å². The molecule has 1 aliphatic carbocycles. The minimum absolute atomic E-state index is 0.717. The fourth-order valence-electron chi connectivity index (χ4n) is 2.85. The number of furan rings is 1. The summed E-state index contributed by atoms with van der Waals surface area (Å²) < 4.78 is 5.42. The molecule has 3 nitrogen and oxygen atoms in total. The van der Waals surface area contributed by atoms with Crippen LogP contribution in [-0.2, 0) is 6.54 Å². The van der Waals surface area contributed by atoms with Gasteiger partial charge in [-0.2, -0.15) is 0 Å². The molecule has 1 N–H and O–H groups in total. The van der Waals surface area contributed by atoms with E-state index in [9.17, 15) is 0 Å². The lowest BCUT2D eigenvalue weighted by atomic mass is 9.90. The Morgan fingerprint density at radius 2 is 2.11 bits per heavy atom. The van der Waals surface area contributed by atoms with Crippen LogP contribution in [0.15, 0.2) is 22.8 Å². The van der Waals surface area contributed by atoms with Crippen molar-refractivity contribution in [3.8, 4) is 0 Å². The van der Waals surface area contributed by atoms with Gasteiger partial charge >= 0.3 is 0 Å². The standard InChI is InChI=1S/C15H26N2O/c1-3-10-16-13-6-8-14(9-7-13)17(2)12-15-5-4-11-18-15/h4-5,11,13-14,16H,3,6-10,12H2,1-2H3. The number of rotatable bonds is 6. The van der Waals surface area contributed by atoms with E-state index in [1.54, 1.807) is 6.26 Å². The molecule has 1 saturated carbocycles. The molecular weight excluding hydrogens is 224 g/mol. The van der Waals surface area contributed by atoms with Gasteiger partial charge in [0.25, 0.3) is 0 Å². The Balaban J connectivity index is 1.72. The molecule has 3 heteroatoms. The van der Waals surface area contributed by atoms with Gasteiger partial charge in [0.1, 0.15) is 5.76 Å². The summed E-state index contributed by atoms with van der Waals surface area (Å²) >= 11 is 0. The molecule has 0 amide bonds. The van der Waals surface area contributed by atoms with Gasteiger partial charge in [0.2, 0.25) is 0 Å². The molecule has 1 aromatic heterocycles. The minimum Gasteiger partial charge on any atom is -0.468 e. The second-order valence-electron chi connectivity index (χ2n) is 5.45. The van der Waals surface area contributed by atoms with Gasteiger partial charge in [0.15, 0.2) is 0 Å². The Labute approximate surface area is 111 Å². The van der Waals surface area contributed by atoms with Crippen LogP contribution in [0.1, 0.15) is 44.8 Å². The molecule has 0 spiro atoms. The summed E-state index contributed by atoms with van der Waals surface area (Å²) in [6.45, 7) is 4.33. The van der Waals surface area contributed by atoms with Crippen molar-refractivity contribution in [1.29, 1.82) is 0 Å². The molecule has 0 unspecified atom stereocenters. The third-order valence-electron chi connectivity index (χ3n) is 3.99.